The number of carboxylic acids is 1. The summed E-state index contributed by atoms with van der Waals surface area (Å²) in [5, 5.41) is 21.9. The van der Waals surface area contributed by atoms with Gasteiger partial charge in [0.25, 0.3) is 5.91 Å². The highest BCUT2D eigenvalue weighted by Crippen LogP contribution is 2.32. The van der Waals surface area contributed by atoms with Crippen LogP contribution in [0.4, 0.5) is 0 Å². The summed E-state index contributed by atoms with van der Waals surface area (Å²) in [4.78, 5) is 27.8. The lowest BCUT2D eigenvalue weighted by molar-refractivity contribution is -0.137. The molecule has 0 aliphatic rings. The molecule has 39 heavy (non-hydrogen) atoms. The maximum absolute atomic E-state index is 14.5. The molecule has 3 aromatic rings. The number of halogens is 2. The molecule has 3 rings (SSSR count). The first-order chi connectivity index (χ1) is 18.7. The number of fused-ring (bicyclic) bond motifs is 1. The van der Waals surface area contributed by atoms with Gasteiger partial charge in [-0.3, -0.25) is 9.59 Å². The van der Waals surface area contributed by atoms with E-state index in [0.29, 0.717) is 39.6 Å². The Bertz CT molecular complexity index is 1420. The second kappa shape index (κ2) is 14.2. The van der Waals surface area contributed by atoms with E-state index in [1.165, 1.54) is 0 Å². The SMILES string of the molecule is CCCC(=CC(CCC)N(CCC(=O)O)C(=O)c1c(CC)c(C#N)cc2ccccc12)c1ccc(Cl)c(Cl)c1. The largest absolute Gasteiger partial charge is 0.481 e. The molecule has 0 aromatic heterocycles. The van der Waals surface area contributed by atoms with Gasteiger partial charge in [-0.25, -0.2) is 0 Å². The molecule has 0 spiro atoms. The van der Waals surface area contributed by atoms with Crippen molar-refractivity contribution in [3.63, 3.8) is 0 Å². The van der Waals surface area contributed by atoms with Crippen LogP contribution < -0.4 is 0 Å². The maximum Gasteiger partial charge on any atom is 0.305 e. The van der Waals surface area contributed by atoms with Gasteiger partial charge in [0.1, 0.15) is 0 Å². The summed E-state index contributed by atoms with van der Waals surface area (Å²) < 4.78 is 0. The Morgan fingerprint density at radius 1 is 1.03 bits per heavy atom. The molecule has 1 atom stereocenters. The first-order valence-electron chi connectivity index (χ1n) is 13.4. The summed E-state index contributed by atoms with van der Waals surface area (Å²) in [6, 6.07) is 16.8. The zero-order chi connectivity index (χ0) is 28.5. The van der Waals surface area contributed by atoms with Crippen LogP contribution in [0.2, 0.25) is 10.0 Å². The molecule has 1 N–H and O–H groups in total. The monoisotopic (exact) mass is 564 g/mol. The summed E-state index contributed by atoms with van der Waals surface area (Å²) in [6.07, 6.45) is 5.46. The van der Waals surface area contributed by atoms with Crippen molar-refractivity contribution in [1.82, 2.24) is 4.90 Å². The molecular formula is C32H34Cl2N2O3. The van der Waals surface area contributed by atoms with Crippen molar-refractivity contribution in [1.29, 1.82) is 5.26 Å². The minimum absolute atomic E-state index is 0.0460. The van der Waals surface area contributed by atoms with Gasteiger partial charge >= 0.3 is 5.97 Å². The average molecular weight is 566 g/mol. The molecule has 7 heteroatoms. The zero-order valence-corrected chi connectivity index (χ0v) is 24.1. The second-order valence-electron chi connectivity index (χ2n) is 9.53. The Hall–Kier alpha value is -3.33. The molecule has 1 unspecified atom stereocenters. The topological polar surface area (TPSA) is 81.4 Å². The summed E-state index contributed by atoms with van der Waals surface area (Å²) in [5.74, 6) is -1.24. The zero-order valence-electron chi connectivity index (χ0n) is 22.6. The molecule has 0 saturated heterocycles. The van der Waals surface area contributed by atoms with E-state index in [-0.39, 0.29) is 24.9 Å². The van der Waals surface area contributed by atoms with Crippen LogP contribution in [0.5, 0.6) is 0 Å². The van der Waals surface area contributed by atoms with Gasteiger partial charge in [0.2, 0.25) is 0 Å². The fourth-order valence-corrected chi connectivity index (χ4v) is 5.32. The van der Waals surface area contributed by atoms with Gasteiger partial charge < -0.3 is 10.0 Å². The van der Waals surface area contributed by atoms with Crippen molar-refractivity contribution in [3.8, 4) is 6.07 Å². The highest BCUT2D eigenvalue weighted by Gasteiger charge is 2.28. The molecule has 0 saturated carbocycles. The van der Waals surface area contributed by atoms with E-state index < -0.39 is 5.97 Å². The van der Waals surface area contributed by atoms with Crippen molar-refractivity contribution in [2.75, 3.05) is 6.54 Å². The Kier molecular flexibility index (Phi) is 11.0. The number of allylic oxidation sites excluding steroid dienone is 1. The van der Waals surface area contributed by atoms with Crippen LogP contribution in [-0.2, 0) is 11.2 Å². The van der Waals surface area contributed by atoms with Crippen LogP contribution in [0.1, 0.15) is 79.9 Å². The molecule has 1 amide bonds. The third kappa shape index (κ3) is 7.20. The van der Waals surface area contributed by atoms with Gasteiger partial charge in [-0.1, -0.05) is 93.2 Å². The Balaban J connectivity index is 2.23. The first kappa shape index (κ1) is 30.2. The van der Waals surface area contributed by atoms with E-state index in [1.54, 1.807) is 11.0 Å². The van der Waals surface area contributed by atoms with Gasteiger partial charge in [0.05, 0.1) is 39.7 Å². The minimum Gasteiger partial charge on any atom is -0.481 e. The van der Waals surface area contributed by atoms with E-state index in [0.717, 1.165) is 41.2 Å². The predicted octanol–water partition coefficient (Wildman–Crippen LogP) is 8.55. The number of carboxylic acid groups (broad SMARTS) is 1. The van der Waals surface area contributed by atoms with Crippen LogP contribution >= 0.6 is 23.2 Å². The van der Waals surface area contributed by atoms with Crippen LogP contribution in [0.25, 0.3) is 16.3 Å². The lowest BCUT2D eigenvalue weighted by Gasteiger charge is -2.32. The molecule has 3 aromatic carbocycles. The lowest BCUT2D eigenvalue weighted by Crippen LogP contribution is -2.41. The fourth-order valence-electron chi connectivity index (χ4n) is 5.03. The number of hydrogen-bond donors (Lipinski definition) is 1. The van der Waals surface area contributed by atoms with E-state index in [2.05, 4.69) is 19.1 Å². The Morgan fingerprint density at radius 2 is 1.77 bits per heavy atom. The number of aliphatic carboxylic acids is 1. The van der Waals surface area contributed by atoms with Crippen molar-refractivity contribution >= 4 is 51.4 Å². The van der Waals surface area contributed by atoms with E-state index in [9.17, 15) is 20.0 Å². The molecule has 0 aliphatic heterocycles. The molecule has 204 valence electrons. The summed E-state index contributed by atoms with van der Waals surface area (Å²) >= 11 is 12.5. The number of nitrogens with zero attached hydrogens (tertiary/aromatic N) is 2. The molecule has 0 fully saturated rings. The van der Waals surface area contributed by atoms with Crippen molar-refractivity contribution in [2.24, 2.45) is 0 Å². The minimum atomic E-state index is -0.975. The molecule has 0 radical (unpaired) electrons. The number of nitriles is 1. The number of benzene rings is 3. The Morgan fingerprint density at radius 3 is 2.38 bits per heavy atom. The molecule has 0 heterocycles. The maximum atomic E-state index is 14.5. The summed E-state index contributed by atoms with van der Waals surface area (Å²) in [5.41, 5.74) is 3.55. The van der Waals surface area contributed by atoms with Crippen molar-refractivity contribution in [3.05, 3.63) is 86.9 Å². The van der Waals surface area contributed by atoms with Gasteiger partial charge in [0, 0.05) is 6.54 Å². The third-order valence-electron chi connectivity index (χ3n) is 6.86. The predicted molar refractivity (Wildman–Crippen MR) is 159 cm³/mol. The number of carbonyl (C=O) groups is 2. The number of carbonyl (C=O) groups excluding carboxylic acids is 1. The third-order valence-corrected chi connectivity index (χ3v) is 7.60. The average Bonchev–Trinajstić information content (AvgIpc) is 2.92. The quantitative estimate of drug-likeness (QED) is 0.239. The Labute approximate surface area is 240 Å². The van der Waals surface area contributed by atoms with E-state index in [1.807, 2.05) is 56.3 Å². The number of rotatable bonds is 12. The first-order valence-corrected chi connectivity index (χ1v) is 14.1. The molecule has 0 aliphatic carbocycles. The number of hydrogen-bond acceptors (Lipinski definition) is 3. The smallest absolute Gasteiger partial charge is 0.305 e. The standard InChI is InChI=1S/C32H34Cl2N2O3/c1-4-9-21(22-13-14-28(33)29(34)19-22)18-25(10-5-2)36(16-15-30(37)38)32(39)31-26(6-3)24(20-35)17-23-11-7-8-12-27(23)31/h7-8,11-14,17-19,25H,4-6,9-10,15-16H2,1-3H3,(H,37,38). The normalized spacial score (nSPS) is 12.3. The van der Waals surface area contributed by atoms with Crippen LogP contribution in [0.15, 0.2) is 54.6 Å². The lowest BCUT2D eigenvalue weighted by atomic mass is 9.91. The highest BCUT2D eigenvalue weighted by molar-refractivity contribution is 6.42. The van der Waals surface area contributed by atoms with Crippen LogP contribution in [-0.4, -0.2) is 34.5 Å². The van der Waals surface area contributed by atoms with Gasteiger partial charge in [0.15, 0.2) is 0 Å². The van der Waals surface area contributed by atoms with Crippen LogP contribution in [0, 0.1) is 11.3 Å². The molecular weight excluding hydrogens is 531 g/mol. The fraction of sp³-hybridized carbons (Fsp3) is 0.344. The second-order valence-corrected chi connectivity index (χ2v) is 10.3. The van der Waals surface area contributed by atoms with Gasteiger partial charge in [-0.05, 0) is 64.9 Å². The highest BCUT2D eigenvalue weighted by atomic mass is 35.5. The number of amides is 1. The van der Waals surface area contributed by atoms with Crippen molar-refractivity contribution < 1.29 is 14.7 Å². The van der Waals surface area contributed by atoms with Crippen molar-refractivity contribution in [2.45, 2.75) is 65.3 Å². The van der Waals surface area contributed by atoms with Gasteiger partial charge in [-0.2, -0.15) is 5.26 Å². The summed E-state index contributed by atoms with van der Waals surface area (Å²) in [7, 11) is 0. The molecule has 5 nitrogen and oxygen atoms in total. The summed E-state index contributed by atoms with van der Waals surface area (Å²) in [6.45, 7) is 6.10. The molecule has 0 bridgehead atoms. The van der Waals surface area contributed by atoms with E-state index >= 15 is 0 Å². The van der Waals surface area contributed by atoms with Crippen LogP contribution in [0.3, 0.4) is 0 Å². The van der Waals surface area contributed by atoms with Gasteiger partial charge in [-0.15, -0.1) is 0 Å². The van der Waals surface area contributed by atoms with E-state index in [4.69, 9.17) is 23.2 Å².